The van der Waals surface area contributed by atoms with Crippen LogP contribution in [-0.2, 0) is 27.2 Å². The summed E-state index contributed by atoms with van der Waals surface area (Å²) in [7, 11) is 0. The van der Waals surface area contributed by atoms with Crippen molar-refractivity contribution in [2.75, 3.05) is 0 Å². The quantitative estimate of drug-likeness (QED) is 0.171. The molecule has 0 saturated heterocycles. The summed E-state index contributed by atoms with van der Waals surface area (Å²) in [6.45, 7) is 9.06. The number of halogens is 1. The van der Waals surface area contributed by atoms with Crippen molar-refractivity contribution in [2.24, 2.45) is 17.3 Å². The molecule has 45 heavy (non-hydrogen) atoms. The van der Waals surface area contributed by atoms with Crippen LogP contribution < -0.4 is 10.6 Å². The standard InChI is InChI=1S/C36H55FN4O4/c1-6-36(37,7-2)22-31(42)29(19-26-16-12-9-13-17-26)40-34(45)30(21-28-23-38-24-39-28)41-33(44)27(20-32(43)35(3,4)5)18-25-14-10-8-11-15-25/h8,10-11,14-15,23-24,26-27,29-31,42H,6-7,9,12-13,16-22H2,1-5H3,(H,38,39)(H,40,45)(H,41,44)/t27-,29+,30+,31+/m1/s1. The zero-order chi connectivity index (χ0) is 33.0. The average molecular weight is 627 g/mol. The van der Waals surface area contributed by atoms with Gasteiger partial charge in [0.05, 0.1) is 18.5 Å². The van der Waals surface area contributed by atoms with Crippen LogP contribution in [0, 0.1) is 17.3 Å². The molecular formula is C36H55FN4O4. The first-order valence-electron chi connectivity index (χ1n) is 16.9. The largest absolute Gasteiger partial charge is 0.391 e. The predicted molar refractivity (Wildman–Crippen MR) is 175 cm³/mol. The molecule has 8 nitrogen and oxygen atoms in total. The van der Waals surface area contributed by atoms with E-state index in [1.54, 1.807) is 20.0 Å². The summed E-state index contributed by atoms with van der Waals surface area (Å²) in [4.78, 5) is 48.1. The monoisotopic (exact) mass is 626 g/mol. The van der Waals surface area contributed by atoms with Gasteiger partial charge < -0.3 is 20.7 Å². The molecule has 1 fully saturated rings. The summed E-state index contributed by atoms with van der Waals surface area (Å²) in [6, 6.07) is 7.88. The number of benzene rings is 1. The van der Waals surface area contributed by atoms with Gasteiger partial charge in [0.25, 0.3) is 0 Å². The molecule has 1 aliphatic rings. The second-order valence-corrected chi connectivity index (χ2v) is 14.1. The Labute approximate surface area is 268 Å². The Hall–Kier alpha value is -3.07. The highest BCUT2D eigenvalue weighted by Gasteiger charge is 2.36. The molecule has 0 aliphatic heterocycles. The molecule has 1 aromatic heterocycles. The lowest BCUT2D eigenvalue weighted by Gasteiger charge is -2.34. The van der Waals surface area contributed by atoms with Crippen molar-refractivity contribution in [3.63, 3.8) is 0 Å². The third-order valence-electron chi connectivity index (χ3n) is 9.52. The molecule has 1 aromatic carbocycles. The lowest BCUT2D eigenvalue weighted by Crippen LogP contribution is -2.55. The number of carbonyl (C=O) groups is 3. The minimum atomic E-state index is -1.53. The zero-order valence-corrected chi connectivity index (χ0v) is 27.9. The van der Waals surface area contributed by atoms with Crippen molar-refractivity contribution in [2.45, 2.75) is 136 Å². The van der Waals surface area contributed by atoms with Gasteiger partial charge in [-0.25, -0.2) is 9.37 Å². The van der Waals surface area contributed by atoms with Crippen LogP contribution in [0.15, 0.2) is 42.9 Å². The number of aliphatic hydroxyl groups excluding tert-OH is 1. The maximum Gasteiger partial charge on any atom is 0.243 e. The third-order valence-corrected chi connectivity index (χ3v) is 9.52. The zero-order valence-electron chi connectivity index (χ0n) is 27.9. The van der Waals surface area contributed by atoms with Gasteiger partial charge in [0, 0.05) is 42.5 Å². The number of amides is 2. The summed E-state index contributed by atoms with van der Waals surface area (Å²) < 4.78 is 15.4. The van der Waals surface area contributed by atoms with Crippen LogP contribution >= 0.6 is 0 Å². The number of aromatic amines is 1. The van der Waals surface area contributed by atoms with Gasteiger partial charge in [-0.3, -0.25) is 14.4 Å². The van der Waals surface area contributed by atoms with E-state index in [0.29, 0.717) is 24.5 Å². The second-order valence-electron chi connectivity index (χ2n) is 14.1. The summed E-state index contributed by atoms with van der Waals surface area (Å²) in [5.74, 6) is -1.22. The Bertz CT molecular complexity index is 1190. The molecule has 1 saturated carbocycles. The molecule has 3 rings (SSSR count). The van der Waals surface area contributed by atoms with Crippen molar-refractivity contribution in [1.82, 2.24) is 20.6 Å². The highest BCUT2D eigenvalue weighted by atomic mass is 19.1. The van der Waals surface area contributed by atoms with Gasteiger partial charge in [0.1, 0.15) is 17.5 Å². The number of aromatic nitrogens is 2. The van der Waals surface area contributed by atoms with E-state index >= 15 is 4.39 Å². The smallest absolute Gasteiger partial charge is 0.243 e. The van der Waals surface area contributed by atoms with Gasteiger partial charge in [-0.2, -0.15) is 0 Å². The highest BCUT2D eigenvalue weighted by molar-refractivity contribution is 5.92. The maximum absolute atomic E-state index is 15.4. The Morgan fingerprint density at radius 1 is 1.00 bits per heavy atom. The van der Waals surface area contributed by atoms with Crippen LogP contribution in [0.2, 0.25) is 0 Å². The summed E-state index contributed by atoms with van der Waals surface area (Å²) in [6.07, 6.45) is 9.03. The van der Waals surface area contributed by atoms with E-state index in [4.69, 9.17) is 0 Å². The van der Waals surface area contributed by atoms with E-state index in [9.17, 15) is 19.5 Å². The molecule has 1 heterocycles. The van der Waals surface area contributed by atoms with E-state index in [-0.39, 0.29) is 43.8 Å². The Balaban J connectivity index is 1.85. The average Bonchev–Trinajstić information content (AvgIpc) is 3.53. The maximum atomic E-state index is 15.4. The van der Waals surface area contributed by atoms with Crippen molar-refractivity contribution in [3.8, 4) is 0 Å². The number of hydrogen-bond acceptors (Lipinski definition) is 5. The number of H-pyrrole nitrogens is 1. The van der Waals surface area contributed by atoms with E-state index in [0.717, 1.165) is 31.2 Å². The molecule has 0 bridgehead atoms. The molecule has 250 valence electrons. The SMILES string of the molecule is CCC(F)(CC)C[C@H](O)[C@H](CC1CCCCC1)NC(=O)[C@H](Cc1cnc[nH]1)NC(=O)[C@@H](CC(=O)C(C)(C)C)Cc1ccccc1. The minimum absolute atomic E-state index is 0.0367. The number of aliphatic hydroxyl groups is 1. The van der Waals surface area contributed by atoms with Gasteiger partial charge in [0.15, 0.2) is 0 Å². The van der Waals surface area contributed by atoms with Crippen LogP contribution in [0.1, 0.15) is 110 Å². The van der Waals surface area contributed by atoms with Gasteiger partial charge in [-0.05, 0) is 37.2 Å². The van der Waals surface area contributed by atoms with E-state index in [2.05, 4.69) is 20.6 Å². The van der Waals surface area contributed by atoms with Gasteiger partial charge >= 0.3 is 0 Å². The van der Waals surface area contributed by atoms with Crippen molar-refractivity contribution >= 4 is 17.6 Å². The number of carbonyl (C=O) groups excluding carboxylic acids is 3. The molecule has 4 N–H and O–H groups in total. The van der Waals surface area contributed by atoms with Crippen LogP contribution in [0.5, 0.6) is 0 Å². The minimum Gasteiger partial charge on any atom is -0.391 e. The first-order chi connectivity index (χ1) is 21.3. The van der Waals surface area contributed by atoms with Crippen molar-refractivity contribution in [3.05, 3.63) is 54.1 Å². The van der Waals surface area contributed by atoms with Crippen LogP contribution in [0.4, 0.5) is 4.39 Å². The third kappa shape index (κ3) is 11.7. The Morgan fingerprint density at radius 3 is 2.24 bits per heavy atom. The highest BCUT2D eigenvalue weighted by Crippen LogP contribution is 2.32. The van der Waals surface area contributed by atoms with E-state index in [1.807, 2.05) is 51.1 Å². The molecule has 1 aliphatic carbocycles. The number of nitrogens with one attached hydrogen (secondary N) is 3. The second kappa shape index (κ2) is 17.0. The van der Waals surface area contributed by atoms with Crippen LogP contribution in [-0.4, -0.2) is 56.5 Å². The van der Waals surface area contributed by atoms with Gasteiger partial charge in [-0.1, -0.05) is 97.1 Å². The Kier molecular flexibility index (Phi) is 13.8. The first kappa shape index (κ1) is 36.4. The van der Waals surface area contributed by atoms with E-state index in [1.165, 1.54) is 12.7 Å². The lowest BCUT2D eigenvalue weighted by atomic mass is 9.81. The van der Waals surface area contributed by atoms with Crippen molar-refractivity contribution < 1.29 is 23.9 Å². The van der Waals surface area contributed by atoms with E-state index < -0.39 is 41.1 Å². The topological polar surface area (TPSA) is 124 Å². The van der Waals surface area contributed by atoms with Crippen LogP contribution in [0.3, 0.4) is 0 Å². The molecule has 0 spiro atoms. The molecule has 0 radical (unpaired) electrons. The number of Topliss-reactive ketones (excluding diaryl/α,β-unsaturated/α-hetero) is 1. The van der Waals surface area contributed by atoms with Gasteiger partial charge in [-0.15, -0.1) is 0 Å². The number of nitrogens with zero attached hydrogens (tertiary/aromatic N) is 1. The molecular weight excluding hydrogens is 571 g/mol. The fourth-order valence-corrected chi connectivity index (χ4v) is 6.23. The van der Waals surface area contributed by atoms with Crippen LogP contribution in [0.25, 0.3) is 0 Å². The Morgan fingerprint density at radius 2 is 1.67 bits per heavy atom. The number of ketones is 1. The number of imidazole rings is 1. The number of hydrogen-bond donors (Lipinski definition) is 4. The fraction of sp³-hybridized carbons (Fsp3) is 0.667. The molecule has 2 aromatic rings. The molecule has 9 heteroatoms. The van der Waals surface area contributed by atoms with Crippen molar-refractivity contribution in [1.29, 1.82) is 0 Å². The molecule has 0 unspecified atom stereocenters. The lowest BCUT2D eigenvalue weighted by molar-refractivity contribution is -0.135. The normalized spacial score (nSPS) is 17.2. The summed E-state index contributed by atoms with van der Waals surface area (Å²) in [5, 5.41) is 17.3. The summed E-state index contributed by atoms with van der Waals surface area (Å²) in [5.41, 5.74) is -0.563. The first-order valence-corrected chi connectivity index (χ1v) is 16.9. The molecule has 2 amide bonds. The van der Waals surface area contributed by atoms with Gasteiger partial charge in [0.2, 0.25) is 11.8 Å². The predicted octanol–water partition coefficient (Wildman–Crippen LogP) is 6.04. The molecule has 4 atom stereocenters. The summed E-state index contributed by atoms with van der Waals surface area (Å²) >= 11 is 0. The fourth-order valence-electron chi connectivity index (χ4n) is 6.23. The number of alkyl halides is 1. The number of rotatable bonds is 17.